The van der Waals surface area contributed by atoms with Gasteiger partial charge in [-0.3, -0.25) is 4.79 Å². The van der Waals surface area contributed by atoms with Gasteiger partial charge in [0.1, 0.15) is 18.2 Å². The fourth-order valence-electron chi connectivity index (χ4n) is 3.24. The molecule has 2 aliphatic heterocycles. The molecule has 0 aromatic heterocycles. The summed E-state index contributed by atoms with van der Waals surface area (Å²) in [4.78, 5) is 11.7. The maximum Gasteiger partial charge on any atom is 0.220 e. The van der Waals surface area contributed by atoms with E-state index in [0.717, 1.165) is 5.56 Å². The molecule has 2 aliphatic rings. The van der Waals surface area contributed by atoms with E-state index in [1.165, 1.54) is 25.8 Å². The summed E-state index contributed by atoms with van der Waals surface area (Å²) in [6.07, 6.45) is -0.898. The second kappa shape index (κ2) is 9.31. The Morgan fingerprint density at radius 2 is 2.04 bits per heavy atom. The van der Waals surface area contributed by atoms with E-state index in [9.17, 15) is 4.79 Å². The average Bonchev–Trinajstić information content (AvgIpc) is 2.69. The fraction of sp³-hybridized carbons (Fsp3) is 0.556. The summed E-state index contributed by atoms with van der Waals surface area (Å²) in [5, 5.41) is 2.85. The first-order valence-corrected chi connectivity index (χ1v) is 10.2. The maximum absolute atomic E-state index is 11.7. The van der Waals surface area contributed by atoms with Crippen molar-refractivity contribution in [3.63, 3.8) is 0 Å². The highest BCUT2D eigenvalue weighted by Crippen LogP contribution is 2.36. The van der Waals surface area contributed by atoms with Gasteiger partial charge in [0.15, 0.2) is 18.7 Å². The van der Waals surface area contributed by atoms with Crippen molar-refractivity contribution in [2.75, 3.05) is 20.0 Å². The van der Waals surface area contributed by atoms with Crippen LogP contribution in [0.25, 0.3) is 0 Å². The molecule has 2 heterocycles. The Morgan fingerprint density at radius 1 is 1.30 bits per heavy atom. The molecule has 0 aliphatic carbocycles. The summed E-state index contributed by atoms with van der Waals surface area (Å²) in [5.41, 5.74) is 0.895. The van der Waals surface area contributed by atoms with Crippen LogP contribution in [0.2, 0.25) is 0 Å². The van der Waals surface area contributed by atoms with Crippen molar-refractivity contribution in [3.05, 3.63) is 35.9 Å². The highest BCUT2D eigenvalue weighted by atomic mass is 32.2. The molecular formula is C18H23NO6S2. The maximum atomic E-state index is 11.7. The third kappa shape index (κ3) is 4.79. The summed E-state index contributed by atoms with van der Waals surface area (Å²) in [6.45, 7) is 1.74. The molecule has 1 aromatic carbocycles. The molecule has 1 unspecified atom stereocenters. The first kappa shape index (κ1) is 20.5. The third-order valence-corrected chi connectivity index (χ3v) is 5.44. The van der Waals surface area contributed by atoms with Crippen LogP contribution in [0.5, 0.6) is 0 Å². The third-order valence-electron chi connectivity index (χ3n) is 4.41. The van der Waals surface area contributed by atoms with Crippen LogP contribution < -0.4 is 5.32 Å². The monoisotopic (exact) mass is 413 g/mol. The van der Waals surface area contributed by atoms with E-state index in [4.69, 9.17) is 35.9 Å². The minimum absolute atomic E-state index is 0.223. The Hall–Kier alpha value is -1.23. The molecule has 0 saturated carbocycles. The Morgan fingerprint density at radius 3 is 2.67 bits per heavy atom. The van der Waals surface area contributed by atoms with Crippen molar-refractivity contribution in [1.29, 1.82) is 0 Å². The predicted octanol–water partition coefficient (Wildman–Crippen LogP) is 2.01. The van der Waals surface area contributed by atoms with Gasteiger partial charge in [-0.25, -0.2) is 0 Å². The summed E-state index contributed by atoms with van der Waals surface area (Å²) < 4.78 is 29.8. The van der Waals surface area contributed by atoms with Gasteiger partial charge >= 0.3 is 0 Å². The van der Waals surface area contributed by atoms with Crippen LogP contribution >= 0.6 is 24.0 Å². The Balaban J connectivity index is 1.86. The van der Waals surface area contributed by atoms with Crippen molar-refractivity contribution < 1.29 is 28.5 Å². The standard InChI is InChI=1S/C18H23NO6S2/c1-10(20)19-13-15(25-18(26)27-3)14-12(23-17(13)21-2)9-22-16(24-14)11-7-5-4-6-8-11/h4-8,12-17H,9H2,1-3H3,(H,19,20)/t12-,13-,14-,15+,16-,17?/m1/s1. The Kier molecular flexibility index (Phi) is 7.07. The number of hydrogen-bond donors (Lipinski definition) is 1. The van der Waals surface area contributed by atoms with E-state index in [1.807, 2.05) is 36.6 Å². The van der Waals surface area contributed by atoms with Gasteiger partial charge in [-0.1, -0.05) is 42.1 Å². The largest absolute Gasteiger partial charge is 0.470 e. The Bertz CT molecular complexity index is 661. The number of benzene rings is 1. The zero-order valence-corrected chi connectivity index (χ0v) is 17.0. The molecule has 6 atom stereocenters. The highest BCUT2D eigenvalue weighted by Gasteiger charge is 2.52. The number of thioether (sulfide) groups is 1. The van der Waals surface area contributed by atoms with Crippen molar-refractivity contribution in [3.8, 4) is 0 Å². The van der Waals surface area contributed by atoms with Crippen LogP contribution in [0.4, 0.5) is 0 Å². The lowest BCUT2D eigenvalue weighted by Crippen LogP contribution is -2.67. The number of carbonyl (C=O) groups is 1. The summed E-state index contributed by atoms with van der Waals surface area (Å²) in [7, 11) is 1.51. The zero-order valence-electron chi connectivity index (χ0n) is 15.3. The van der Waals surface area contributed by atoms with Crippen LogP contribution in [0.1, 0.15) is 18.8 Å². The number of hydrogen-bond acceptors (Lipinski definition) is 8. The minimum atomic E-state index is -0.703. The molecule has 148 valence electrons. The normalized spacial score (nSPS) is 33.0. The van der Waals surface area contributed by atoms with Gasteiger partial charge in [0.05, 0.1) is 6.61 Å². The molecule has 0 spiro atoms. The first-order valence-electron chi connectivity index (χ1n) is 8.55. The lowest BCUT2D eigenvalue weighted by molar-refractivity contribution is -0.339. The van der Waals surface area contributed by atoms with Gasteiger partial charge in [-0.2, -0.15) is 0 Å². The molecule has 27 heavy (non-hydrogen) atoms. The van der Waals surface area contributed by atoms with Gasteiger partial charge < -0.3 is 29.0 Å². The van der Waals surface area contributed by atoms with Gasteiger partial charge in [0, 0.05) is 19.6 Å². The highest BCUT2D eigenvalue weighted by molar-refractivity contribution is 8.22. The molecule has 1 amide bonds. The van der Waals surface area contributed by atoms with E-state index in [0.29, 0.717) is 11.0 Å². The van der Waals surface area contributed by atoms with Gasteiger partial charge in [-0.15, -0.1) is 0 Å². The van der Waals surface area contributed by atoms with Crippen molar-refractivity contribution in [2.24, 2.45) is 0 Å². The van der Waals surface area contributed by atoms with E-state index >= 15 is 0 Å². The number of fused-ring (bicyclic) bond motifs is 1. The molecule has 1 N–H and O–H groups in total. The first-order chi connectivity index (χ1) is 13.0. The molecule has 3 rings (SSSR count). The Labute approximate surface area is 168 Å². The number of thiocarbonyl (C=S) groups is 1. The SMILES string of the molecule is COC1O[C@@H]2CO[C@@H](c3ccccc3)O[C@H]2[C@@H](OC(=S)SC)[C@H]1NC(C)=O. The number of nitrogens with one attached hydrogen (secondary N) is 1. The lowest BCUT2D eigenvalue weighted by atomic mass is 9.95. The second-order valence-corrected chi connectivity index (χ2v) is 7.63. The fourth-order valence-corrected chi connectivity index (χ4v) is 3.56. The lowest BCUT2D eigenvalue weighted by Gasteiger charge is -2.48. The second-order valence-electron chi connectivity index (χ2n) is 6.22. The van der Waals surface area contributed by atoms with Crippen LogP contribution in [-0.4, -0.2) is 60.9 Å². The van der Waals surface area contributed by atoms with Gasteiger partial charge in [0.25, 0.3) is 0 Å². The van der Waals surface area contributed by atoms with Gasteiger partial charge in [-0.05, 0) is 18.5 Å². The van der Waals surface area contributed by atoms with Gasteiger partial charge in [0.2, 0.25) is 10.3 Å². The number of rotatable bonds is 4. The predicted molar refractivity (Wildman–Crippen MR) is 104 cm³/mol. The molecule has 2 saturated heterocycles. The summed E-state index contributed by atoms with van der Waals surface area (Å²) >= 11 is 6.57. The van der Waals surface area contributed by atoms with Crippen molar-refractivity contribution in [1.82, 2.24) is 5.32 Å². The van der Waals surface area contributed by atoms with Crippen LogP contribution in [-0.2, 0) is 28.5 Å². The average molecular weight is 414 g/mol. The quantitative estimate of drug-likeness (QED) is 0.752. The number of carbonyl (C=O) groups excluding carboxylic acids is 1. The molecule has 0 radical (unpaired) electrons. The van der Waals surface area contributed by atoms with Crippen LogP contribution in [0.15, 0.2) is 30.3 Å². The molecular weight excluding hydrogens is 390 g/mol. The smallest absolute Gasteiger partial charge is 0.220 e. The number of ether oxygens (including phenoxy) is 5. The summed E-state index contributed by atoms with van der Waals surface area (Å²) in [5.74, 6) is -0.223. The van der Waals surface area contributed by atoms with Crippen molar-refractivity contribution in [2.45, 2.75) is 43.9 Å². The molecule has 2 fully saturated rings. The van der Waals surface area contributed by atoms with Crippen molar-refractivity contribution >= 4 is 34.3 Å². The zero-order chi connectivity index (χ0) is 19.4. The summed E-state index contributed by atoms with van der Waals surface area (Å²) in [6, 6.07) is 9.05. The molecule has 9 heteroatoms. The number of methoxy groups -OCH3 is 1. The van der Waals surface area contributed by atoms with E-state index in [1.54, 1.807) is 0 Å². The molecule has 0 bridgehead atoms. The molecule has 7 nitrogen and oxygen atoms in total. The topological polar surface area (TPSA) is 75.2 Å². The van der Waals surface area contributed by atoms with Crippen LogP contribution in [0.3, 0.4) is 0 Å². The van der Waals surface area contributed by atoms with E-state index < -0.39 is 36.9 Å². The van der Waals surface area contributed by atoms with E-state index in [-0.39, 0.29) is 5.91 Å². The molecule has 1 aromatic rings. The van der Waals surface area contributed by atoms with E-state index in [2.05, 4.69) is 5.32 Å². The minimum Gasteiger partial charge on any atom is -0.470 e. The number of amides is 1. The van der Waals surface area contributed by atoms with Crippen LogP contribution in [0, 0.1) is 0 Å².